The van der Waals surface area contributed by atoms with Gasteiger partial charge in [0.1, 0.15) is 0 Å². The standard InChI is InChI=1S/C14H16Cl2N4O4/c1-8(19-20-14(24)13(23)17-4-5-21)6-12(22)18-11-7-9(15)2-3-10(11)16/h2-3,7,21H,4-6H2,1H3,(H,17,23)(H,18,22)(H,20,24)/b19-8+. The van der Waals surface area contributed by atoms with Crippen LogP contribution in [0.5, 0.6) is 0 Å². The van der Waals surface area contributed by atoms with Crippen molar-refractivity contribution in [3.8, 4) is 0 Å². The lowest BCUT2D eigenvalue weighted by Crippen LogP contribution is -2.39. The van der Waals surface area contributed by atoms with E-state index in [1.165, 1.54) is 13.0 Å². The second kappa shape index (κ2) is 9.86. The molecule has 8 nitrogen and oxygen atoms in total. The van der Waals surface area contributed by atoms with Gasteiger partial charge in [-0.3, -0.25) is 14.4 Å². The van der Waals surface area contributed by atoms with Crippen LogP contribution in [0.2, 0.25) is 10.0 Å². The van der Waals surface area contributed by atoms with Gasteiger partial charge in [0.25, 0.3) is 0 Å². The average Bonchev–Trinajstić information content (AvgIpc) is 2.53. The summed E-state index contributed by atoms with van der Waals surface area (Å²) in [6, 6.07) is 4.64. The van der Waals surface area contributed by atoms with Gasteiger partial charge in [-0.15, -0.1) is 0 Å². The molecule has 0 saturated heterocycles. The third-order valence-corrected chi connectivity index (χ3v) is 3.14. The molecule has 0 aromatic heterocycles. The highest BCUT2D eigenvalue weighted by Gasteiger charge is 2.12. The Balaban J connectivity index is 2.52. The minimum atomic E-state index is -0.999. The number of hydrogen-bond donors (Lipinski definition) is 4. The summed E-state index contributed by atoms with van der Waals surface area (Å²) in [6.45, 7) is 1.18. The molecular formula is C14H16Cl2N4O4. The van der Waals surface area contributed by atoms with Crippen molar-refractivity contribution in [2.75, 3.05) is 18.5 Å². The molecule has 1 aromatic carbocycles. The number of halogens is 2. The Kier molecular flexibility index (Phi) is 8.17. The predicted molar refractivity (Wildman–Crippen MR) is 91.1 cm³/mol. The molecule has 4 N–H and O–H groups in total. The molecule has 0 aliphatic carbocycles. The molecular weight excluding hydrogens is 359 g/mol. The molecule has 0 spiro atoms. The molecule has 130 valence electrons. The van der Waals surface area contributed by atoms with Crippen LogP contribution in [-0.2, 0) is 14.4 Å². The molecule has 0 saturated carbocycles. The van der Waals surface area contributed by atoms with E-state index in [9.17, 15) is 14.4 Å². The first-order valence-corrected chi connectivity index (χ1v) is 7.56. The summed E-state index contributed by atoms with van der Waals surface area (Å²) >= 11 is 11.8. The van der Waals surface area contributed by atoms with Crippen LogP contribution in [0.3, 0.4) is 0 Å². The largest absolute Gasteiger partial charge is 0.395 e. The summed E-state index contributed by atoms with van der Waals surface area (Å²) in [5.41, 5.74) is 2.64. The Bertz CT molecular complexity index is 664. The lowest BCUT2D eigenvalue weighted by atomic mass is 10.2. The molecule has 0 radical (unpaired) electrons. The Morgan fingerprint density at radius 3 is 2.58 bits per heavy atom. The Hall–Kier alpha value is -2.16. The number of hydrazone groups is 1. The van der Waals surface area contributed by atoms with Crippen LogP contribution in [0.4, 0.5) is 5.69 Å². The molecule has 3 amide bonds. The number of anilines is 1. The first-order valence-electron chi connectivity index (χ1n) is 6.80. The first kappa shape index (κ1) is 19.9. The van der Waals surface area contributed by atoms with Crippen LogP contribution >= 0.6 is 23.2 Å². The number of nitrogens with one attached hydrogen (secondary N) is 3. The van der Waals surface area contributed by atoms with Crippen LogP contribution in [-0.4, -0.2) is 41.7 Å². The molecule has 0 aliphatic rings. The number of amides is 3. The van der Waals surface area contributed by atoms with E-state index in [-0.39, 0.29) is 25.3 Å². The number of rotatable bonds is 6. The van der Waals surface area contributed by atoms with Gasteiger partial charge in [0.2, 0.25) is 5.91 Å². The molecule has 0 heterocycles. The molecule has 0 aliphatic heterocycles. The topological polar surface area (TPSA) is 120 Å². The van der Waals surface area contributed by atoms with Crippen LogP contribution in [0.15, 0.2) is 23.3 Å². The predicted octanol–water partition coefficient (Wildman–Crippen LogP) is 0.923. The summed E-state index contributed by atoms with van der Waals surface area (Å²) in [5.74, 6) is -2.35. The third kappa shape index (κ3) is 6.95. The maximum atomic E-state index is 11.9. The van der Waals surface area contributed by atoms with E-state index in [1.54, 1.807) is 12.1 Å². The van der Waals surface area contributed by atoms with Crippen LogP contribution in [0.25, 0.3) is 0 Å². The van der Waals surface area contributed by atoms with Crippen molar-refractivity contribution in [1.82, 2.24) is 10.7 Å². The quantitative estimate of drug-likeness (QED) is 0.336. The number of carbonyl (C=O) groups is 3. The number of benzene rings is 1. The summed E-state index contributed by atoms with van der Waals surface area (Å²) < 4.78 is 0. The monoisotopic (exact) mass is 374 g/mol. The van der Waals surface area contributed by atoms with E-state index in [0.717, 1.165) is 0 Å². The van der Waals surface area contributed by atoms with Crippen molar-refractivity contribution in [2.24, 2.45) is 5.10 Å². The average molecular weight is 375 g/mol. The van der Waals surface area contributed by atoms with Crippen molar-refractivity contribution >= 4 is 52.3 Å². The van der Waals surface area contributed by atoms with Crippen molar-refractivity contribution in [1.29, 1.82) is 0 Å². The van der Waals surface area contributed by atoms with Crippen LogP contribution in [0, 0.1) is 0 Å². The normalized spacial score (nSPS) is 10.9. The van der Waals surface area contributed by atoms with E-state index in [2.05, 4.69) is 15.7 Å². The van der Waals surface area contributed by atoms with E-state index < -0.39 is 17.7 Å². The molecule has 0 fully saturated rings. The fourth-order valence-corrected chi connectivity index (χ4v) is 1.84. The SMILES string of the molecule is C/C(CC(=O)Nc1cc(Cl)ccc1Cl)=N\NC(=O)C(=O)NCCO. The number of aliphatic hydroxyl groups excluding tert-OH is 1. The third-order valence-electron chi connectivity index (χ3n) is 2.57. The molecule has 1 aromatic rings. The lowest BCUT2D eigenvalue weighted by molar-refractivity contribution is -0.139. The van der Waals surface area contributed by atoms with E-state index in [1.807, 2.05) is 5.43 Å². The van der Waals surface area contributed by atoms with E-state index in [4.69, 9.17) is 28.3 Å². The summed E-state index contributed by atoms with van der Waals surface area (Å²) in [6.07, 6.45) is -0.124. The zero-order chi connectivity index (χ0) is 18.1. The highest BCUT2D eigenvalue weighted by molar-refractivity contribution is 6.36. The zero-order valence-corrected chi connectivity index (χ0v) is 14.2. The summed E-state index contributed by atoms with van der Waals surface area (Å²) in [7, 11) is 0. The molecule has 0 bridgehead atoms. The number of hydrogen-bond acceptors (Lipinski definition) is 5. The molecule has 0 unspecified atom stereocenters. The minimum Gasteiger partial charge on any atom is -0.395 e. The summed E-state index contributed by atoms with van der Waals surface area (Å²) in [5, 5.41) is 17.7. The van der Waals surface area contributed by atoms with Gasteiger partial charge in [-0.25, -0.2) is 5.43 Å². The van der Waals surface area contributed by atoms with Gasteiger partial charge >= 0.3 is 11.8 Å². The number of nitrogens with zero attached hydrogens (tertiary/aromatic N) is 1. The fraction of sp³-hybridized carbons (Fsp3) is 0.286. The van der Waals surface area contributed by atoms with Crippen molar-refractivity contribution in [2.45, 2.75) is 13.3 Å². The summed E-state index contributed by atoms with van der Waals surface area (Å²) in [4.78, 5) is 34.5. The van der Waals surface area contributed by atoms with Crippen molar-refractivity contribution in [3.05, 3.63) is 28.2 Å². The van der Waals surface area contributed by atoms with Crippen molar-refractivity contribution in [3.63, 3.8) is 0 Å². The van der Waals surface area contributed by atoms with Gasteiger partial charge in [0.05, 0.1) is 23.7 Å². The fourth-order valence-electron chi connectivity index (χ4n) is 1.51. The first-order chi connectivity index (χ1) is 11.3. The Labute approximate surface area is 148 Å². The van der Waals surface area contributed by atoms with Crippen LogP contribution < -0.4 is 16.1 Å². The Morgan fingerprint density at radius 2 is 1.92 bits per heavy atom. The second-order valence-corrected chi connectivity index (χ2v) is 5.46. The second-order valence-electron chi connectivity index (χ2n) is 4.62. The van der Waals surface area contributed by atoms with E-state index in [0.29, 0.717) is 15.7 Å². The van der Waals surface area contributed by atoms with Gasteiger partial charge < -0.3 is 15.7 Å². The molecule has 0 atom stereocenters. The maximum absolute atomic E-state index is 11.9. The van der Waals surface area contributed by atoms with Gasteiger partial charge in [0.15, 0.2) is 0 Å². The van der Waals surface area contributed by atoms with Gasteiger partial charge in [-0.05, 0) is 25.1 Å². The molecule has 24 heavy (non-hydrogen) atoms. The minimum absolute atomic E-state index is 0.0439. The van der Waals surface area contributed by atoms with Crippen molar-refractivity contribution < 1.29 is 19.5 Å². The number of aliphatic hydroxyl groups is 1. The highest BCUT2D eigenvalue weighted by Crippen LogP contribution is 2.25. The Morgan fingerprint density at radius 1 is 1.21 bits per heavy atom. The van der Waals surface area contributed by atoms with E-state index >= 15 is 0 Å². The zero-order valence-electron chi connectivity index (χ0n) is 12.7. The highest BCUT2D eigenvalue weighted by atomic mass is 35.5. The number of carbonyl (C=O) groups excluding carboxylic acids is 3. The smallest absolute Gasteiger partial charge is 0.329 e. The lowest BCUT2D eigenvalue weighted by Gasteiger charge is -2.07. The molecule has 1 rings (SSSR count). The van der Waals surface area contributed by atoms with Gasteiger partial charge in [0, 0.05) is 17.3 Å². The molecule has 10 heteroatoms. The van der Waals surface area contributed by atoms with Crippen LogP contribution in [0.1, 0.15) is 13.3 Å². The van der Waals surface area contributed by atoms with Gasteiger partial charge in [-0.2, -0.15) is 5.10 Å². The maximum Gasteiger partial charge on any atom is 0.329 e. The van der Waals surface area contributed by atoms with Gasteiger partial charge in [-0.1, -0.05) is 23.2 Å².